The summed E-state index contributed by atoms with van der Waals surface area (Å²) >= 11 is 0. The maximum absolute atomic E-state index is 6.97. The van der Waals surface area contributed by atoms with Crippen molar-refractivity contribution in [1.82, 2.24) is 0 Å². The quantitative estimate of drug-likeness (QED) is 0.666. The minimum absolute atomic E-state index is 0.0309. The Hall–Kier alpha value is -1.49. The predicted molar refractivity (Wildman–Crippen MR) is 57.5 cm³/mol. The Kier molecular flexibility index (Phi) is 3.53. The number of rotatable bonds is 3. The van der Waals surface area contributed by atoms with Crippen LogP contribution in [0.1, 0.15) is 25.3 Å². The van der Waals surface area contributed by atoms with Crippen molar-refractivity contribution in [2.75, 3.05) is 7.11 Å². The topological polar surface area (TPSA) is 13.6 Å². The fourth-order valence-corrected chi connectivity index (χ4v) is 1.30. The highest BCUT2D eigenvalue weighted by atomic mass is 16.5. The van der Waals surface area contributed by atoms with Crippen LogP contribution in [0.3, 0.4) is 0 Å². The summed E-state index contributed by atoms with van der Waals surface area (Å²) in [6.45, 7) is 11.0. The van der Waals surface area contributed by atoms with Crippen molar-refractivity contribution < 1.29 is 4.74 Å². The van der Waals surface area contributed by atoms with Crippen molar-refractivity contribution in [3.05, 3.63) is 41.2 Å². The van der Waals surface area contributed by atoms with Crippen molar-refractivity contribution >= 4 is 0 Å². The molecule has 0 aliphatic carbocycles. The Labute approximate surface area is 85.3 Å². The molecule has 0 saturated heterocycles. The van der Waals surface area contributed by atoms with Crippen molar-refractivity contribution in [1.29, 1.82) is 0 Å². The largest absolute Gasteiger partial charge is 0.497 e. The van der Waals surface area contributed by atoms with E-state index >= 15 is 0 Å². The Morgan fingerprint density at radius 2 is 1.79 bits per heavy atom. The zero-order chi connectivity index (χ0) is 10.6. The lowest BCUT2D eigenvalue weighted by Crippen LogP contribution is -2.07. The number of hydrogen-bond donors (Lipinski definition) is 0. The lowest BCUT2D eigenvalue weighted by molar-refractivity contribution is 0.414. The molecular weight excluding hydrogens is 174 g/mol. The standard InChI is InChI=1S/C12H15NO/c1-9(10(2)13-3)11-5-7-12(14-4)8-6-11/h5-10H,1-2,4H3. The predicted octanol–water partition coefficient (Wildman–Crippen LogP) is 3.11. The van der Waals surface area contributed by atoms with Gasteiger partial charge in [-0.05, 0) is 17.7 Å². The van der Waals surface area contributed by atoms with Crippen LogP contribution in [0.25, 0.3) is 4.85 Å². The van der Waals surface area contributed by atoms with Crippen LogP contribution < -0.4 is 4.74 Å². The molecule has 1 aromatic rings. The molecule has 2 unspecified atom stereocenters. The summed E-state index contributed by atoms with van der Waals surface area (Å²) in [4.78, 5) is 3.53. The van der Waals surface area contributed by atoms with Crippen LogP contribution in [0.4, 0.5) is 0 Å². The van der Waals surface area contributed by atoms with Gasteiger partial charge < -0.3 is 9.58 Å². The third kappa shape index (κ3) is 2.26. The maximum Gasteiger partial charge on any atom is 0.227 e. The van der Waals surface area contributed by atoms with Crippen LogP contribution in [0.2, 0.25) is 0 Å². The van der Waals surface area contributed by atoms with Crippen LogP contribution in [0, 0.1) is 6.57 Å². The fraction of sp³-hybridized carbons (Fsp3) is 0.417. The number of ether oxygens (including phenoxy) is 1. The zero-order valence-corrected chi connectivity index (χ0v) is 8.82. The van der Waals surface area contributed by atoms with E-state index < -0.39 is 0 Å². The van der Waals surface area contributed by atoms with Crippen molar-refractivity contribution in [3.8, 4) is 5.75 Å². The van der Waals surface area contributed by atoms with Crippen molar-refractivity contribution in [2.24, 2.45) is 0 Å². The van der Waals surface area contributed by atoms with Crippen molar-refractivity contribution in [2.45, 2.75) is 25.8 Å². The summed E-state index contributed by atoms with van der Waals surface area (Å²) in [6, 6.07) is 7.94. The van der Waals surface area contributed by atoms with Gasteiger partial charge in [-0.2, -0.15) is 0 Å². The molecule has 0 spiro atoms. The van der Waals surface area contributed by atoms with Gasteiger partial charge >= 0.3 is 0 Å². The van der Waals surface area contributed by atoms with Gasteiger partial charge in [0.1, 0.15) is 5.75 Å². The molecule has 0 heterocycles. The maximum atomic E-state index is 6.97. The van der Waals surface area contributed by atoms with Gasteiger partial charge in [0.05, 0.1) is 13.0 Å². The molecule has 0 bridgehead atoms. The first kappa shape index (κ1) is 10.6. The molecule has 0 aliphatic rings. The molecule has 74 valence electrons. The number of hydrogen-bond acceptors (Lipinski definition) is 1. The van der Waals surface area contributed by atoms with E-state index in [1.807, 2.05) is 31.2 Å². The van der Waals surface area contributed by atoms with Crippen LogP contribution >= 0.6 is 0 Å². The van der Waals surface area contributed by atoms with E-state index in [0.717, 1.165) is 5.75 Å². The molecule has 0 aliphatic heterocycles. The van der Waals surface area contributed by atoms with E-state index in [2.05, 4.69) is 11.8 Å². The summed E-state index contributed by atoms with van der Waals surface area (Å²) < 4.78 is 5.08. The van der Waals surface area contributed by atoms with E-state index in [4.69, 9.17) is 11.3 Å². The Bertz CT molecular complexity index is 323. The third-order valence-corrected chi connectivity index (χ3v) is 2.57. The average molecular weight is 189 g/mol. The lowest BCUT2D eigenvalue weighted by atomic mass is 9.95. The van der Waals surface area contributed by atoms with Crippen LogP contribution in [0.5, 0.6) is 5.75 Å². The summed E-state index contributed by atoms with van der Waals surface area (Å²) in [5.41, 5.74) is 1.19. The molecule has 0 radical (unpaired) electrons. The first-order valence-electron chi connectivity index (χ1n) is 4.69. The molecular formula is C12H15NO. The first-order valence-corrected chi connectivity index (χ1v) is 4.69. The van der Waals surface area contributed by atoms with E-state index in [1.165, 1.54) is 5.56 Å². The molecule has 0 fully saturated rings. The lowest BCUT2D eigenvalue weighted by Gasteiger charge is -2.11. The normalized spacial score (nSPS) is 14.1. The summed E-state index contributed by atoms with van der Waals surface area (Å²) in [7, 11) is 1.65. The Morgan fingerprint density at radius 3 is 2.21 bits per heavy atom. The number of methoxy groups -OCH3 is 1. The molecule has 0 amide bonds. The molecule has 1 aromatic carbocycles. The van der Waals surface area contributed by atoms with Crippen LogP contribution in [-0.2, 0) is 0 Å². The van der Waals surface area contributed by atoms with Gasteiger partial charge in [-0.3, -0.25) is 0 Å². The van der Waals surface area contributed by atoms with Crippen LogP contribution in [0.15, 0.2) is 24.3 Å². The summed E-state index contributed by atoms with van der Waals surface area (Å²) in [5.74, 6) is 1.13. The van der Waals surface area contributed by atoms with Gasteiger partial charge in [-0.15, -0.1) is 0 Å². The summed E-state index contributed by atoms with van der Waals surface area (Å²) in [6.07, 6.45) is 0. The second-order valence-electron chi connectivity index (χ2n) is 3.43. The highest BCUT2D eigenvalue weighted by Crippen LogP contribution is 2.23. The van der Waals surface area contributed by atoms with E-state index in [1.54, 1.807) is 7.11 Å². The fourth-order valence-electron chi connectivity index (χ4n) is 1.30. The minimum Gasteiger partial charge on any atom is -0.497 e. The second kappa shape index (κ2) is 4.66. The smallest absolute Gasteiger partial charge is 0.227 e. The third-order valence-electron chi connectivity index (χ3n) is 2.57. The van der Waals surface area contributed by atoms with Gasteiger partial charge in [0.25, 0.3) is 0 Å². The molecule has 0 aromatic heterocycles. The van der Waals surface area contributed by atoms with Gasteiger partial charge in [0.2, 0.25) is 6.04 Å². The molecule has 2 heteroatoms. The molecule has 2 atom stereocenters. The zero-order valence-electron chi connectivity index (χ0n) is 8.82. The van der Waals surface area contributed by atoms with Crippen LogP contribution in [-0.4, -0.2) is 13.2 Å². The van der Waals surface area contributed by atoms with Gasteiger partial charge in [-0.25, -0.2) is 6.57 Å². The minimum atomic E-state index is 0.0309. The number of nitrogens with zero attached hydrogens (tertiary/aromatic N) is 1. The highest BCUT2D eigenvalue weighted by molar-refractivity contribution is 5.30. The second-order valence-corrected chi connectivity index (χ2v) is 3.43. The first-order chi connectivity index (χ1) is 6.69. The molecule has 0 N–H and O–H groups in total. The van der Waals surface area contributed by atoms with Gasteiger partial charge in [0.15, 0.2) is 0 Å². The molecule has 1 rings (SSSR count). The van der Waals surface area contributed by atoms with E-state index in [-0.39, 0.29) is 12.0 Å². The average Bonchev–Trinajstić information content (AvgIpc) is 2.27. The Balaban J connectivity index is 2.82. The molecule has 14 heavy (non-hydrogen) atoms. The molecule has 0 saturated carbocycles. The highest BCUT2D eigenvalue weighted by Gasteiger charge is 2.17. The SMILES string of the molecule is [C-]#[N+]C(C)C(C)c1ccc(OC)cc1. The van der Waals surface area contributed by atoms with E-state index in [0.29, 0.717) is 0 Å². The van der Waals surface area contributed by atoms with Gasteiger partial charge in [-0.1, -0.05) is 19.1 Å². The number of benzene rings is 1. The van der Waals surface area contributed by atoms with E-state index in [9.17, 15) is 0 Å². The monoisotopic (exact) mass is 189 g/mol. The summed E-state index contributed by atoms with van der Waals surface area (Å²) in [5, 5.41) is 0. The van der Waals surface area contributed by atoms with Crippen molar-refractivity contribution in [3.63, 3.8) is 0 Å². The molecule has 2 nitrogen and oxygen atoms in total. The van der Waals surface area contributed by atoms with Gasteiger partial charge in [0, 0.05) is 6.92 Å². The Morgan fingerprint density at radius 1 is 1.21 bits per heavy atom.